The van der Waals surface area contributed by atoms with Crippen molar-refractivity contribution in [2.45, 2.75) is 19.4 Å². The zero-order valence-electron chi connectivity index (χ0n) is 10.3. The lowest BCUT2D eigenvalue weighted by Crippen LogP contribution is -2.38. The summed E-state index contributed by atoms with van der Waals surface area (Å²) < 4.78 is 0. The Morgan fingerprint density at radius 1 is 1.47 bits per heavy atom. The van der Waals surface area contributed by atoms with Gasteiger partial charge in [-0.15, -0.1) is 12.4 Å². The predicted octanol–water partition coefficient (Wildman–Crippen LogP) is 1.85. The molecule has 4 heteroatoms. The fraction of sp³-hybridized carbons (Fsp3) is 0.462. The monoisotopic (exact) mass is 254 g/mol. The van der Waals surface area contributed by atoms with Gasteiger partial charge in [-0.2, -0.15) is 0 Å². The summed E-state index contributed by atoms with van der Waals surface area (Å²) in [5, 5.41) is 3.28. The van der Waals surface area contributed by atoms with E-state index in [2.05, 4.69) is 5.32 Å². The van der Waals surface area contributed by atoms with Gasteiger partial charge in [0.2, 0.25) is 0 Å². The molecule has 1 aliphatic rings. The highest BCUT2D eigenvalue weighted by atomic mass is 35.5. The molecule has 1 aromatic carbocycles. The van der Waals surface area contributed by atoms with Crippen molar-refractivity contribution < 1.29 is 4.79 Å². The van der Waals surface area contributed by atoms with Gasteiger partial charge in [0.1, 0.15) is 0 Å². The average Bonchev–Trinajstić information content (AvgIpc) is 2.80. The van der Waals surface area contributed by atoms with Crippen LogP contribution in [0.15, 0.2) is 24.3 Å². The average molecular weight is 255 g/mol. The third kappa shape index (κ3) is 3.20. The quantitative estimate of drug-likeness (QED) is 0.874. The van der Waals surface area contributed by atoms with Gasteiger partial charge in [-0.25, -0.2) is 0 Å². The molecule has 1 aliphatic heterocycles. The van der Waals surface area contributed by atoms with Crippen molar-refractivity contribution in [3.8, 4) is 0 Å². The fourth-order valence-corrected chi connectivity index (χ4v) is 2.12. The number of carbonyl (C=O) groups excluding carboxylic acids is 1. The minimum Gasteiger partial charge on any atom is -0.337 e. The molecular formula is C13H19ClN2O. The van der Waals surface area contributed by atoms with Crippen molar-refractivity contribution in [1.29, 1.82) is 0 Å². The van der Waals surface area contributed by atoms with Crippen LogP contribution in [0, 0.1) is 6.92 Å². The van der Waals surface area contributed by atoms with Crippen molar-refractivity contribution in [2.75, 3.05) is 20.1 Å². The van der Waals surface area contributed by atoms with Crippen LogP contribution in [-0.2, 0) is 0 Å². The van der Waals surface area contributed by atoms with Gasteiger partial charge in [-0.3, -0.25) is 4.79 Å². The molecule has 2 rings (SSSR count). The first kappa shape index (κ1) is 14.0. The van der Waals surface area contributed by atoms with Gasteiger partial charge < -0.3 is 10.2 Å². The largest absolute Gasteiger partial charge is 0.337 e. The molecule has 0 saturated carbocycles. The Bertz CT molecular complexity index is 389. The van der Waals surface area contributed by atoms with E-state index < -0.39 is 0 Å². The lowest BCUT2D eigenvalue weighted by molar-refractivity contribution is 0.0743. The summed E-state index contributed by atoms with van der Waals surface area (Å²) in [5.41, 5.74) is 1.91. The predicted molar refractivity (Wildman–Crippen MR) is 71.8 cm³/mol. The van der Waals surface area contributed by atoms with E-state index in [4.69, 9.17) is 0 Å². The van der Waals surface area contributed by atoms with Gasteiger partial charge in [-0.05, 0) is 32.0 Å². The molecule has 1 aromatic rings. The van der Waals surface area contributed by atoms with Gasteiger partial charge >= 0.3 is 0 Å². The van der Waals surface area contributed by atoms with Crippen molar-refractivity contribution in [2.24, 2.45) is 0 Å². The van der Waals surface area contributed by atoms with Gasteiger partial charge in [0, 0.05) is 25.2 Å². The van der Waals surface area contributed by atoms with Crippen molar-refractivity contribution in [3.05, 3.63) is 35.4 Å². The summed E-state index contributed by atoms with van der Waals surface area (Å²) in [6.45, 7) is 3.93. The number of amides is 1. The third-order valence-corrected chi connectivity index (χ3v) is 3.17. The van der Waals surface area contributed by atoms with Gasteiger partial charge in [0.05, 0.1) is 0 Å². The van der Waals surface area contributed by atoms with Crippen LogP contribution in [0.4, 0.5) is 0 Å². The summed E-state index contributed by atoms with van der Waals surface area (Å²) in [6, 6.07) is 8.11. The number of hydrogen-bond acceptors (Lipinski definition) is 2. The minimum absolute atomic E-state index is 0. The Hall–Kier alpha value is -1.06. The van der Waals surface area contributed by atoms with Crippen LogP contribution in [0.5, 0.6) is 0 Å². The van der Waals surface area contributed by atoms with E-state index in [9.17, 15) is 4.79 Å². The highest BCUT2D eigenvalue weighted by Gasteiger charge is 2.23. The van der Waals surface area contributed by atoms with Crippen molar-refractivity contribution >= 4 is 18.3 Å². The van der Waals surface area contributed by atoms with Crippen LogP contribution in [0.1, 0.15) is 22.3 Å². The Labute approximate surface area is 109 Å². The molecule has 17 heavy (non-hydrogen) atoms. The number of hydrogen-bond donors (Lipinski definition) is 1. The topological polar surface area (TPSA) is 32.3 Å². The Morgan fingerprint density at radius 3 is 2.82 bits per heavy atom. The molecule has 3 nitrogen and oxygen atoms in total. The van der Waals surface area contributed by atoms with E-state index >= 15 is 0 Å². The molecule has 0 aliphatic carbocycles. The fourth-order valence-electron chi connectivity index (χ4n) is 2.12. The summed E-state index contributed by atoms with van der Waals surface area (Å²) in [6.07, 6.45) is 1.05. The van der Waals surface area contributed by atoms with Crippen LogP contribution in [-0.4, -0.2) is 37.0 Å². The standard InChI is InChI=1S/C13H18N2O.ClH/c1-10-4-3-5-11(8-10)13(16)15(2)12-6-7-14-9-12;/h3-5,8,12,14H,6-7,9H2,1-2H3;1H. The maximum absolute atomic E-state index is 12.2. The number of halogens is 1. The molecule has 1 amide bonds. The molecule has 1 N–H and O–H groups in total. The lowest BCUT2D eigenvalue weighted by atomic mass is 10.1. The van der Waals surface area contributed by atoms with E-state index in [-0.39, 0.29) is 18.3 Å². The molecule has 1 unspecified atom stereocenters. The Morgan fingerprint density at radius 2 is 2.24 bits per heavy atom. The SMILES string of the molecule is Cc1cccc(C(=O)N(C)C2CCNC2)c1.Cl. The van der Waals surface area contributed by atoms with E-state index in [1.54, 1.807) is 0 Å². The number of carbonyl (C=O) groups is 1. The molecule has 0 spiro atoms. The molecule has 1 heterocycles. The molecule has 1 atom stereocenters. The molecule has 1 saturated heterocycles. The second-order valence-corrected chi connectivity index (χ2v) is 4.43. The van der Waals surface area contributed by atoms with Crippen LogP contribution in [0.2, 0.25) is 0 Å². The maximum atomic E-state index is 12.2. The summed E-state index contributed by atoms with van der Waals surface area (Å²) in [5.74, 6) is 0.123. The normalized spacial score (nSPS) is 18.6. The summed E-state index contributed by atoms with van der Waals surface area (Å²) >= 11 is 0. The van der Waals surface area contributed by atoms with Crippen LogP contribution in [0.25, 0.3) is 0 Å². The van der Waals surface area contributed by atoms with E-state index in [0.29, 0.717) is 6.04 Å². The first-order chi connectivity index (χ1) is 7.68. The summed E-state index contributed by atoms with van der Waals surface area (Å²) in [7, 11) is 1.89. The molecule has 1 fully saturated rings. The molecule has 94 valence electrons. The van der Waals surface area contributed by atoms with Crippen molar-refractivity contribution in [3.63, 3.8) is 0 Å². The van der Waals surface area contributed by atoms with Crippen LogP contribution in [0.3, 0.4) is 0 Å². The number of rotatable bonds is 2. The van der Waals surface area contributed by atoms with E-state index in [0.717, 1.165) is 30.6 Å². The Kier molecular flexibility index (Phi) is 4.97. The molecule has 0 radical (unpaired) electrons. The lowest BCUT2D eigenvalue weighted by Gasteiger charge is -2.23. The van der Waals surface area contributed by atoms with Gasteiger partial charge in [-0.1, -0.05) is 17.7 Å². The summed E-state index contributed by atoms with van der Waals surface area (Å²) in [4.78, 5) is 14.0. The molecule has 0 aromatic heterocycles. The number of benzene rings is 1. The highest BCUT2D eigenvalue weighted by molar-refractivity contribution is 5.94. The van der Waals surface area contributed by atoms with Crippen LogP contribution >= 0.6 is 12.4 Å². The maximum Gasteiger partial charge on any atom is 0.253 e. The number of nitrogens with one attached hydrogen (secondary N) is 1. The first-order valence-corrected chi connectivity index (χ1v) is 5.73. The molecular weight excluding hydrogens is 236 g/mol. The number of likely N-dealkylation sites (N-methyl/N-ethyl adjacent to an activating group) is 1. The van der Waals surface area contributed by atoms with Crippen LogP contribution < -0.4 is 5.32 Å². The smallest absolute Gasteiger partial charge is 0.253 e. The van der Waals surface area contributed by atoms with Gasteiger partial charge in [0.25, 0.3) is 5.91 Å². The zero-order chi connectivity index (χ0) is 11.5. The second-order valence-electron chi connectivity index (χ2n) is 4.43. The minimum atomic E-state index is 0. The number of nitrogens with zero attached hydrogens (tertiary/aromatic N) is 1. The van der Waals surface area contributed by atoms with E-state index in [1.807, 2.05) is 43.1 Å². The first-order valence-electron chi connectivity index (χ1n) is 5.73. The van der Waals surface area contributed by atoms with Crippen molar-refractivity contribution in [1.82, 2.24) is 10.2 Å². The number of aryl methyl sites for hydroxylation is 1. The highest BCUT2D eigenvalue weighted by Crippen LogP contribution is 2.12. The van der Waals surface area contributed by atoms with Gasteiger partial charge in [0.15, 0.2) is 0 Å². The van der Waals surface area contributed by atoms with E-state index in [1.165, 1.54) is 0 Å². The zero-order valence-corrected chi connectivity index (χ0v) is 11.1. The molecule has 0 bridgehead atoms. The Balaban J connectivity index is 0.00000144. The second kappa shape index (κ2) is 6.03. The third-order valence-electron chi connectivity index (χ3n) is 3.17.